The Bertz CT molecular complexity index is 952. The van der Waals surface area contributed by atoms with E-state index in [9.17, 15) is 4.57 Å². The molecule has 0 radical (unpaired) electrons. The molecular formula is C28H33O4P. The molecule has 4 rings (SSSR count). The summed E-state index contributed by atoms with van der Waals surface area (Å²) < 4.78 is 30.4. The highest BCUT2D eigenvalue weighted by molar-refractivity contribution is 7.48. The maximum atomic E-state index is 13.3. The minimum absolute atomic E-state index is 0.176. The molecule has 3 aromatic rings. The summed E-state index contributed by atoms with van der Waals surface area (Å²) in [4.78, 5) is 0. The summed E-state index contributed by atoms with van der Waals surface area (Å²) >= 11 is 0. The summed E-state index contributed by atoms with van der Waals surface area (Å²) in [6, 6.07) is 28.2. The number of hydrogen-bond donors (Lipinski definition) is 0. The van der Waals surface area contributed by atoms with Gasteiger partial charge in [0.25, 0.3) is 0 Å². The molecule has 0 bridgehead atoms. The van der Waals surface area contributed by atoms with Crippen molar-refractivity contribution in [2.45, 2.75) is 57.7 Å². The zero-order chi connectivity index (χ0) is 22.8. The molecule has 3 aromatic carbocycles. The maximum absolute atomic E-state index is 13.3. The van der Waals surface area contributed by atoms with Crippen LogP contribution in [0.2, 0.25) is 0 Å². The third kappa shape index (κ3) is 7.65. The smallest absolute Gasteiger partial charge is 0.287 e. The molecule has 0 atom stereocenters. The van der Waals surface area contributed by atoms with Crippen LogP contribution >= 0.6 is 7.82 Å². The summed E-state index contributed by atoms with van der Waals surface area (Å²) in [7, 11) is -3.69. The first-order chi connectivity index (χ1) is 16.2. The van der Waals surface area contributed by atoms with Crippen LogP contribution in [-0.2, 0) is 37.8 Å². The van der Waals surface area contributed by atoms with Crippen LogP contribution in [0.15, 0.2) is 84.9 Å². The fraction of sp³-hybridized carbons (Fsp3) is 0.357. The van der Waals surface area contributed by atoms with Crippen LogP contribution in [0.4, 0.5) is 0 Å². The molecule has 0 N–H and O–H groups in total. The lowest BCUT2D eigenvalue weighted by Crippen LogP contribution is -2.03. The number of phosphoric acid groups is 1. The van der Waals surface area contributed by atoms with Gasteiger partial charge in [-0.2, -0.15) is 0 Å². The van der Waals surface area contributed by atoms with Crippen LogP contribution in [0.5, 0.6) is 0 Å². The predicted molar refractivity (Wildman–Crippen MR) is 132 cm³/mol. The minimum atomic E-state index is -3.69. The maximum Gasteiger partial charge on any atom is 0.475 e. The Morgan fingerprint density at radius 1 is 0.667 bits per heavy atom. The second-order valence-electron chi connectivity index (χ2n) is 8.63. The predicted octanol–water partition coefficient (Wildman–Crippen LogP) is 7.84. The van der Waals surface area contributed by atoms with E-state index in [4.69, 9.17) is 13.6 Å². The molecule has 1 saturated carbocycles. The van der Waals surface area contributed by atoms with Gasteiger partial charge in [0.1, 0.15) is 0 Å². The van der Waals surface area contributed by atoms with E-state index >= 15 is 0 Å². The lowest BCUT2D eigenvalue weighted by molar-refractivity contribution is 0.102. The van der Waals surface area contributed by atoms with E-state index < -0.39 is 7.82 Å². The van der Waals surface area contributed by atoms with E-state index in [1.54, 1.807) is 0 Å². The molecule has 0 aromatic heterocycles. The Morgan fingerprint density at radius 3 is 1.76 bits per heavy atom. The van der Waals surface area contributed by atoms with Crippen molar-refractivity contribution in [3.05, 3.63) is 107 Å². The molecule has 0 saturated heterocycles. The molecule has 0 heterocycles. The van der Waals surface area contributed by atoms with E-state index in [1.807, 2.05) is 60.7 Å². The van der Waals surface area contributed by atoms with Crippen molar-refractivity contribution in [2.75, 3.05) is 6.61 Å². The molecule has 0 aliphatic heterocycles. The number of aryl methyl sites for hydroxylation is 1. The van der Waals surface area contributed by atoms with Crippen LogP contribution < -0.4 is 0 Å². The molecule has 1 fully saturated rings. The van der Waals surface area contributed by atoms with Gasteiger partial charge in [0.05, 0.1) is 19.8 Å². The second-order valence-corrected chi connectivity index (χ2v) is 10.3. The average molecular weight is 465 g/mol. The lowest BCUT2D eigenvalue weighted by Gasteiger charge is -2.18. The first-order valence-corrected chi connectivity index (χ1v) is 13.4. The number of hydrogen-bond acceptors (Lipinski definition) is 4. The Kier molecular flexibility index (Phi) is 8.91. The quantitative estimate of drug-likeness (QED) is 0.202. The van der Waals surface area contributed by atoms with Gasteiger partial charge in [-0.1, -0.05) is 97.8 Å². The molecule has 33 heavy (non-hydrogen) atoms. The summed E-state index contributed by atoms with van der Waals surface area (Å²) in [5.41, 5.74) is 4.57. The third-order valence-corrected chi connectivity index (χ3v) is 7.52. The molecule has 0 spiro atoms. The normalized spacial score (nSPS) is 14.5. The van der Waals surface area contributed by atoms with E-state index in [1.165, 1.54) is 36.8 Å². The van der Waals surface area contributed by atoms with Crippen molar-refractivity contribution in [1.29, 1.82) is 0 Å². The lowest BCUT2D eigenvalue weighted by atomic mass is 9.96. The van der Waals surface area contributed by atoms with Gasteiger partial charge < -0.3 is 0 Å². The standard InChI is InChI=1S/C28H33O4P/c29-33(31-22-25-10-3-1-4-11-25,32-23-26-12-5-2-6-13-26)30-21-9-14-24-17-19-28(20-18-24)27-15-7-8-16-27/h1-6,10-13,17-20,27H,7-9,14-16,21-23H2. The fourth-order valence-corrected chi connectivity index (χ4v) is 5.43. The zero-order valence-electron chi connectivity index (χ0n) is 19.1. The van der Waals surface area contributed by atoms with Crippen LogP contribution in [0.1, 0.15) is 60.3 Å². The van der Waals surface area contributed by atoms with Gasteiger partial charge in [-0.25, -0.2) is 4.57 Å². The summed E-state index contributed by atoms with van der Waals surface area (Å²) in [6.45, 7) is 0.663. The van der Waals surface area contributed by atoms with Crippen molar-refractivity contribution in [2.24, 2.45) is 0 Å². The van der Waals surface area contributed by atoms with Crippen molar-refractivity contribution in [1.82, 2.24) is 0 Å². The third-order valence-electron chi connectivity index (χ3n) is 6.13. The van der Waals surface area contributed by atoms with E-state index in [-0.39, 0.29) is 13.2 Å². The van der Waals surface area contributed by atoms with Gasteiger partial charge in [0.15, 0.2) is 0 Å². The SMILES string of the molecule is O=P(OCCCc1ccc(C2CCCC2)cc1)(OCc1ccccc1)OCc1ccccc1. The molecule has 4 nitrogen and oxygen atoms in total. The highest BCUT2D eigenvalue weighted by Crippen LogP contribution is 2.51. The van der Waals surface area contributed by atoms with Gasteiger partial charge in [0, 0.05) is 0 Å². The summed E-state index contributed by atoms with van der Waals surface area (Å²) in [5, 5.41) is 0. The van der Waals surface area contributed by atoms with E-state index in [2.05, 4.69) is 24.3 Å². The van der Waals surface area contributed by atoms with Crippen LogP contribution in [-0.4, -0.2) is 6.61 Å². The van der Waals surface area contributed by atoms with Crippen LogP contribution in [0.3, 0.4) is 0 Å². The highest BCUT2D eigenvalue weighted by Gasteiger charge is 2.27. The van der Waals surface area contributed by atoms with E-state index in [0.717, 1.165) is 29.9 Å². The Balaban J connectivity index is 1.28. The van der Waals surface area contributed by atoms with Gasteiger partial charge in [0.2, 0.25) is 0 Å². The van der Waals surface area contributed by atoms with Gasteiger partial charge in [-0.3, -0.25) is 13.6 Å². The first-order valence-electron chi connectivity index (χ1n) is 11.9. The first kappa shape index (κ1) is 23.9. The van der Waals surface area contributed by atoms with Crippen molar-refractivity contribution >= 4 is 7.82 Å². The number of phosphoric ester groups is 1. The molecule has 0 unspecified atom stereocenters. The summed E-state index contributed by atoms with van der Waals surface area (Å²) in [6.07, 6.45) is 6.94. The van der Waals surface area contributed by atoms with Gasteiger partial charge >= 0.3 is 7.82 Å². The minimum Gasteiger partial charge on any atom is -0.287 e. The van der Waals surface area contributed by atoms with Crippen LogP contribution in [0, 0.1) is 0 Å². The number of benzene rings is 3. The van der Waals surface area contributed by atoms with Gasteiger partial charge in [-0.15, -0.1) is 0 Å². The largest absolute Gasteiger partial charge is 0.475 e. The van der Waals surface area contributed by atoms with Crippen LogP contribution in [0.25, 0.3) is 0 Å². The molecule has 174 valence electrons. The van der Waals surface area contributed by atoms with Gasteiger partial charge in [-0.05, 0) is 53.9 Å². The molecule has 0 amide bonds. The number of rotatable bonds is 12. The Morgan fingerprint density at radius 2 is 1.21 bits per heavy atom. The molecular weight excluding hydrogens is 431 g/mol. The van der Waals surface area contributed by atoms with Crippen molar-refractivity contribution < 1.29 is 18.1 Å². The monoisotopic (exact) mass is 464 g/mol. The Hall–Kier alpha value is -2.23. The second kappa shape index (κ2) is 12.3. The highest BCUT2D eigenvalue weighted by atomic mass is 31.2. The average Bonchev–Trinajstić information content (AvgIpc) is 3.41. The summed E-state index contributed by atoms with van der Waals surface area (Å²) in [5.74, 6) is 0.733. The fourth-order valence-electron chi connectivity index (χ4n) is 4.24. The molecule has 5 heteroatoms. The topological polar surface area (TPSA) is 44.8 Å². The molecule has 1 aliphatic carbocycles. The molecule has 1 aliphatic rings. The van der Waals surface area contributed by atoms with Crippen molar-refractivity contribution in [3.8, 4) is 0 Å². The zero-order valence-corrected chi connectivity index (χ0v) is 20.0. The Labute approximate surface area is 197 Å². The van der Waals surface area contributed by atoms with Crippen molar-refractivity contribution in [3.63, 3.8) is 0 Å². The van der Waals surface area contributed by atoms with E-state index in [0.29, 0.717) is 6.61 Å².